The van der Waals surface area contributed by atoms with Crippen molar-refractivity contribution in [2.75, 3.05) is 6.54 Å². The van der Waals surface area contributed by atoms with Gasteiger partial charge in [0.2, 0.25) is 0 Å². The fraction of sp³-hybridized carbons (Fsp3) is 0.158. The predicted octanol–water partition coefficient (Wildman–Crippen LogP) is 0.624. The first-order valence-corrected chi connectivity index (χ1v) is 14.8. The van der Waals surface area contributed by atoms with Gasteiger partial charge in [-0.25, -0.2) is 4.39 Å². The molecule has 0 aliphatic carbocycles. The molecule has 1 aromatic heterocycles. The van der Waals surface area contributed by atoms with Crippen molar-refractivity contribution in [3.05, 3.63) is 64.7 Å². The maximum atomic E-state index is 14.1. The van der Waals surface area contributed by atoms with E-state index in [2.05, 4.69) is 24.9 Å². The SMILES string of the molecule is [CH2]=[Tl][n]1nnc(C(=O)NN(Cc2ccc(-c3cc(Cl)ccc3F)cc2)C[C@@H](O)C(=O)O)n1. The van der Waals surface area contributed by atoms with Crippen molar-refractivity contribution in [1.82, 2.24) is 28.5 Å². The number of hydrogen-bond acceptors (Lipinski definition) is 7. The monoisotopic (exact) mass is 652 g/mol. The third-order valence-electron chi connectivity index (χ3n) is 4.30. The van der Waals surface area contributed by atoms with Gasteiger partial charge in [-0.2, -0.15) is 0 Å². The number of tetrazole rings is 1. The molecule has 164 valence electrons. The molecule has 1 heterocycles. The molecule has 0 fully saturated rings. The van der Waals surface area contributed by atoms with Crippen LogP contribution >= 0.6 is 11.6 Å². The normalized spacial score (nSPS) is 11.8. The average Bonchev–Trinajstić information content (AvgIpc) is 3.25. The summed E-state index contributed by atoms with van der Waals surface area (Å²) >= 11 is 4.34. The van der Waals surface area contributed by atoms with E-state index < -0.39 is 54.4 Å². The number of hydrazine groups is 1. The second-order valence-electron chi connectivity index (χ2n) is 6.61. The van der Waals surface area contributed by atoms with Crippen molar-refractivity contribution in [1.29, 1.82) is 0 Å². The number of aliphatic hydroxyl groups is 1. The number of carboxylic acid groups (broad SMARTS) is 1. The van der Waals surface area contributed by atoms with Gasteiger partial charge in [0.25, 0.3) is 0 Å². The summed E-state index contributed by atoms with van der Waals surface area (Å²) in [6.45, 7) is -0.342. The Hall–Kier alpha value is -2.62. The molecule has 0 saturated heterocycles. The topological polar surface area (TPSA) is 133 Å². The van der Waals surface area contributed by atoms with Crippen LogP contribution in [0, 0.1) is 5.82 Å². The quantitative estimate of drug-likeness (QED) is 0.227. The van der Waals surface area contributed by atoms with Crippen LogP contribution in [0.2, 0.25) is 5.02 Å². The van der Waals surface area contributed by atoms with Crippen molar-refractivity contribution in [3.8, 4) is 11.1 Å². The van der Waals surface area contributed by atoms with Crippen LogP contribution in [-0.2, 0) is 11.3 Å². The van der Waals surface area contributed by atoms with Crippen LogP contribution in [0.3, 0.4) is 0 Å². The number of nitrogens with one attached hydrogen (secondary N) is 1. The molecule has 3 aromatic rings. The zero-order chi connectivity index (χ0) is 23.3. The Labute approximate surface area is 198 Å². The van der Waals surface area contributed by atoms with Gasteiger partial charge in [-0.15, -0.1) is 0 Å². The van der Waals surface area contributed by atoms with Crippen LogP contribution < -0.4 is 5.43 Å². The number of rotatable bonds is 9. The van der Waals surface area contributed by atoms with E-state index >= 15 is 0 Å². The van der Waals surface area contributed by atoms with Gasteiger partial charge < -0.3 is 0 Å². The first kappa shape index (κ1) is 24.0. The van der Waals surface area contributed by atoms with Crippen molar-refractivity contribution in [3.63, 3.8) is 0 Å². The molecule has 0 unspecified atom stereocenters. The molecule has 3 N–H and O–H groups in total. The Kier molecular flexibility index (Phi) is 8.11. The van der Waals surface area contributed by atoms with Crippen LogP contribution in [0.15, 0.2) is 42.5 Å². The third-order valence-corrected chi connectivity index (χ3v) is 6.65. The van der Waals surface area contributed by atoms with Gasteiger partial charge in [0.05, 0.1) is 0 Å². The average molecular weight is 652 g/mol. The predicted molar refractivity (Wildman–Crippen MR) is 114 cm³/mol. The molecular formula is C19H17ClFN6O4Tl. The number of carbonyl (C=O) groups excluding carboxylic acids is 1. The molecule has 0 aliphatic heterocycles. The summed E-state index contributed by atoms with van der Waals surface area (Å²) < 4.78 is 19.2. The van der Waals surface area contributed by atoms with Crippen LogP contribution in [-0.4, -0.2) is 85.9 Å². The summed E-state index contributed by atoms with van der Waals surface area (Å²) in [4.78, 5) is 23.5. The Morgan fingerprint density at radius 3 is 2.62 bits per heavy atom. The number of hydrogen-bond donors (Lipinski definition) is 3. The van der Waals surface area contributed by atoms with Crippen molar-refractivity contribution in [2.45, 2.75) is 12.6 Å². The number of amides is 1. The van der Waals surface area contributed by atoms with E-state index in [0.717, 1.165) is 0 Å². The molecule has 0 spiro atoms. The molecule has 0 radical (unpaired) electrons. The molecule has 13 heteroatoms. The minimum absolute atomic E-state index is 0.0526. The number of nitrogens with zero attached hydrogens (tertiary/aromatic N) is 5. The Balaban J connectivity index is 1.77. The third kappa shape index (κ3) is 6.21. The Bertz CT molecular complexity index is 1140. The molecular weight excluding hydrogens is 635 g/mol. The van der Waals surface area contributed by atoms with Gasteiger partial charge in [-0.1, -0.05) is 11.6 Å². The standard InChI is InChI=1S/C18H16ClFN6O4.CH2.Tl/c19-12-5-6-14(20)13(7-12)11-3-1-10(2-4-11)8-26(9-15(27)18(29)30)23-17(28)16-21-24-25-22-16;;/h1-7,15,27H,8-9H2,(H3,21,22,23,24,25,28,29,30);1H2;/q;;+1/p-1/t15-;;/m1../s1. The Morgan fingerprint density at radius 1 is 1.28 bits per heavy atom. The van der Waals surface area contributed by atoms with Crippen molar-refractivity contribution < 1.29 is 24.2 Å². The fourth-order valence-electron chi connectivity index (χ4n) is 2.75. The number of carboxylic acids is 1. The molecule has 10 nitrogen and oxygen atoms in total. The van der Waals surface area contributed by atoms with Crippen molar-refractivity contribution >= 4 is 51.6 Å². The zero-order valence-corrected chi connectivity index (χ0v) is 21.8. The van der Waals surface area contributed by atoms with Gasteiger partial charge in [0, 0.05) is 5.02 Å². The van der Waals surface area contributed by atoms with E-state index in [9.17, 15) is 19.1 Å². The fourth-order valence-corrected chi connectivity index (χ4v) is 4.15. The first-order valence-electron chi connectivity index (χ1n) is 9.20. The summed E-state index contributed by atoms with van der Waals surface area (Å²) in [5.41, 5.74) is 4.08. The molecule has 0 saturated carbocycles. The molecule has 2 aromatic carbocycles. The number of aliphatic carboxylic acids is 1. The van der Waals surface area contributed by atoms with Gasteiger partial charge in [0.15, 0.2) is 0 Å². The van der Waals surface area contributed by atoms with Crippen molar-refractivity contribution in [2.24, 2.45) is 0 Å². The summed E-state index contributed by atoms with van der Waals surface area (Å²) in [7, 11) is 0. The van der Waals surface area contributed by atoms with E-state index in [1.165, 1.54) is 25.8 Å². The molecule has 1 amide bonds. The van der Waals surface area contributed by atoms with Gasteiger partial charge in [0.1, 0.15) is 5.82 Å². The number of benzene rings is 2. The summed E-state index contributed by atoms with van der Waals surface area (Å²) in [5, 5.41) is 31.7. The first-order chi connectivity index (χ1) is 15.3. The zero-order valence-electron chi connectivity index (χ0n) is 16.5. The van der Waals surface area contributed by atoms with Gasteiger partial charge >= 0.3 is 154 Å². The molecule has 0 aliphatic rings. The molecule has 1 atom stereocenters. The maximum absolute atomic E-state index is 14.1. The number of aliphatic hydroxyl groups excluding tert-OH is 1. The van der Waals surface area contributed by atoms with Crippen LogP contribution in [0.25, 0.3) is 11.1 Å². The molecule has 0 bridgehead atoms. The van der Waals surface area contributed by atoms with Gasteiger partial charge in [-0.05, 0) is 18.2 Å². The second-order valence-corrected chi connectivity index (χ2v) is 10.3. The van der Waals surface area contributed by atoms with E-state index in [1.54, 1.807) is 24.3 Å². The van der Waals surface area contributed by atoms with Gasteiger partial charge in [-0.3, -0.25) is 0 Å². The van der Waals surface area contributed by atoms with Crippen LogP contribution in [0.4, 0.5) is 4.39 Å². The summed E-state index contributed by atoms with van der Waals surface area (Å²) in [5.74, 6) is -2.75. The van der Waals surface area contributed by atoms with E-state index in [4.69, 9.17) is 16.7 Å². The Morgan fingerprint density at radius 2 is 2.00 bits per heavy atom. The molecule has 32 heavy (non-hydrogen) atoms. The number of halogens is 2. The molecule has 3 rings (SSSR count). The van der Waals surface area contributed by atoms with E-state index in [1.807, 2.05) is 0 Å². The summed E-state index contributed by atoms with van der Waals surface area (Å²) in [6, 6.07) is 11.0. The number of carbonyl (C=O) groups is 2. The van der Waals surface area contributed by atoms with Crippen LogP contribution in [0.5, 0.6) is 0 Å². The van der Waals surface area contributed by atoms with E-state index in [-0.39, 0.29) is 12.4 Å². The summed E-state index contributed by atoms with van der Waals surface area (Å²) in [6.07, 6.45) is -1.74. The second kappa shape index (κ2) is 10.8. The van der Waals surface area contributed by atoms with E-state index in [0.29, 0.717) is 21.7 Å². The number of aromatic nitrogens is 4. The van der Waals surface area contributed by atoms with Crippen LogP contribution in [0.1, 0.15) is 16.2 Å². The minimum atomic E-state index is -1.74.